The van der Waals surface area contributed by atoms with Crippen molar-refractivity contribution in [3.8, 4) is 0 Å². The average molecular weight is 439 g/mol. The van der Waals surface area contributed by atoms with Crippen LogP contribution in [0.25, 0.3) is 16.6 Å². The van der Waals surface area contributed by atoms with Crippen LogP contribution in [0.2, 0.25) is 0 Å². The van der Waals surface area contributed by atoms with E-state index in [1.54, 1.807) is 23.1 Å². The monoisotopic (exact) mass is 439 g/mol. The highest BCUT2D eigenvalue weighted by molar-refractivity contribution is 5.98. The number of fused-ring (bicyclic) bond motifs is 3. The van der Waals surface area contributed by atoms with Crippen LogP contribution in [0, 0.1) is 6.92 Å². The van der Waals surface area contributed by atoms with Crippen LogP contribution in [-0.2, 0) is 12.7 Å². The number of benzene rings is 1. The Kier molecular flexibility index (Phi) is 4.58. The van der Waals surface area contributed by atoms with Crippen molar-refractivity contribution in [3.05, 3.63) is 71.2 Å². The number of hydrogen-bond acceptors (Lipinski definition) is 4. The van der Waals surface area contributed by atoms with Crippen molar-refractivity contribution in [3.63, 3.8) is 0 Å². The fraction of sp³-hybridized carbons (Fsp3) is 0.261. The molecule has 1 aliphatic carbocycles. The molecule has 2 N–H and O–H groups in total. The molecule has 0 spiro atoms. The summed E-state index contributed by atoms with van der Waals surface area (Å²) in [7, 11) is 0. The third-order valence-electron chi connectivity index (χ3n) is 5.78. The highest BCUT2D eigenvalue weighted by Gasteiger charge is 2.34. The Hall–Kier alpha value is -3.62. The SMILES string of the molecule is Cc1ccc2c(N)nc3ccc(C(=O)N(Cc4ccc(C(F)(F)F)cn4)C4CC4)cc3n12. The van der Waals surface area contributed by atoms with Crippen LogP contribution in [0.5, 0.6) is 0 Å². The van der Waals surface area contributed by atoms with Crippen LogP contribution in [0.4, 0.5) is 19.0 Å². The molecule has 0 saturated heterocycles. The van der Waals surface area contributed by atoms with Crippen molar-refractivity contribution < 1.29 is 18.0 Å². The number of carbonyl (C=O) groups is 1. The molecule has 1 amide bonds. The normalized spacial score (nSPS) is 14.2. The van der Waals surface area contributed by atoms with Gasteiger partial charge in [0.2, 0.25) is 0 Å². The summed E-state index contributed by atoms with van der Waals surface area (Å²) in [6, 6.07) is 11.5. The van der Waals surface area contributed by atoms with Crippen molar-refractivity contribution in [2.75, 3.05) is 5.73 Å². The van der Waals surface area contributed by atoms with E-state index < -0.39 is 11.7 Å². The highest BCUT2D eigenvalue weighted by atomic mass is 19.4. The number of pyridine rings is 1. The molecule has 9 heteroatoms. The predicted molar refractivity (Wildman–Crippen MR) is 114 cm³/mol. The number of nitrogens with zero attached hydrogens (tertiary/aromatic N) is 4. The lowest BCUT2D eigenvalue weighted by molar-refractivity contribution is -0.137. The van der Waals surface area contributed by atoms with Crippen LogP contribution in [-0.4, -0.2) is 31.2 Å². The van der Waals surface area contributed by atoms with Crippen LogP contribution >= 0.6 is 0 Å². The summed E-state index contributed by atoms with van der Waals surface area (Å²) in [5.41, 5.74) is 9.34. The van der Waals surface area contributed by atoms with Gasteiger partial charge in [0, 0.05) is 23.5 Å². The van der Waals surface area contributed by atoms with Gasteiger partial charge in [-0.25, -0.2) is 4.98 Å². The van der Waals surface area contributed by atoms with Gasteiger partial charge in [-0.3, -0.25) is 9.78 Å². The van der Waals surface area contributed by atoms with Crippen molar-refractivity contribution in [1.29, 1.82) is 0 Å². The molecule has 3 aromatic heterocycles. The second-order valence-electron chi connectivity index (χ2n) is 8.10. The van der Waals surface area contributed by atoms with E-state index in [2.05, 4.69) is 9.97 Å². The van der Waals surface area contributed by atoms with Gasteiger partial charge in [-0.2, -0.15) is 13.2 Å². The number of halogens is 3. The van der Waals surface area contributed by atoms with Crippen LogP contribution < -0.4 is 5.73 Å². The van der Waals surface area contributed by atoms with Gasteiger partial charge in [0.1, 0.15) is 5.82 Å². The van der Waals surface area contributed by atoms with E-state index in [0.29, 0.717) is 22.6 Å². The van der Waals surface area contributed by atoms with Crippen molar-refractivity contribution in [1.82, 2.24) is 19.3 Å². The standard InChI is InChI=1S/C23H20F3N5O/c1-13-2-9-19-21(27)29-18-8-3-14(10-20(18)31(13)19)22(32)30(17-6-7-17)12-16-5-4-15(11-28-16)23(24,25)26/h2-5,8-11,17H,6-7,12H2,1H3,(H2,27,29). The zero-order chi connectivity index (χ0) is 22.6. The van der Waals surface area contributed by atoms with E-state index in [4.69, 9.17) is 5.73 Å². The summed E-state index contributed by atoms with van der Waals surface area (Å²) >= 11 is 0. The molecular formula is C23H20F3N5O. The van der Waals surface area contributed by atoms with E-state index >= 15 is 0 Å². The van der Waals surface area contributed by atoms with E-state index in [0.717, 1.165) is 41.8 Å². The number of aromatic nitrogens is 3. The van der Waals surface area contributed by atoms with Crippen molar-refractivity contribution in [2.45, 2.75) is 38.5 Å². The number of hydrogen-bond donors (Lipinski definition) is 1. The van der Waals surface area contributed by atoms with Gasteiger partial charge >= 0.3 is 6.18 Å². The first-order valence-electron chi connectivity index (χ1n) is 10.2. The smallest absolute Gasteiger partial charge is 0.382 e. The molecule has 0 atom stereocenters. The summed E-state index contributed by atoms with van der Waals surface area (Å²) < 4.78 is 40.4. The molecule has 32 heavy (non-hydrogen) atoms. The van der Waals surface area contributed by atoms with Crippen molar-refractivity contribution >= 4 is 28.3 Å². The molecular weight excluding hydrogens is 419 g/mol. The zero-order valence-corrected chi connectivity index (χ0v) is 17.2. The number of nitrogen functional groups attached to an aromatic ring is 1. The lowest BCUT2D eigenvalue weighted by Gasteiger charge is -2.22. The third-order valence-corrected chi connectivity index (χ3v) is 5.78. The maximum atomic E-state index is 13.4. The van der Waals surface area contributed by atoms with Gasteiger partial charge in [0.15, 0.2) is 0 Å². The number of alkyl halides is 3. The molecule has 0 radical (unpaired) electrons. The molecule has 1 fully saturated rings. The summed E-state index contributed by atoms with van der Waals surface area (Å²) in [6.45, 7) is 2.10. The molecule has 164 valence electrons. The van der Waals surface area contributed by atoms with Gasteiger partial charge in [0.25, 0.3) is 5.91 Å². The number of aryl methyl sites for hydroxylation is 1. The lowest BCUT2D eigenvalue weighted by atomic mass is 10.1. The quantitative estimate of drug-likeness (QED) is 0.504. The van der Waals surface area contributed by atoms with Crippen LogP contribution in [0.3, 0.4) is 0 Å². The number of rotatable bonds is 4. The first-order valence-corrected chi connectivity index (χ1v) is 10.2. The average Bonchev–Trinajstić information content (AvgIpc) is 3.52. The van der Waals surface area contributed by atoms with E-state index in [9.17, 15) is 18.0 Å². The minimum Gasteiger partial charge on any atom is -0.382 e. The first-order chi connectivity index (χ1) is 15.2. The van der Waals surface area contributed by atoms with Gasteiger partial charge in [-0.05, 0) is 62.2 Å². The molecule has 1 saturated carbocycles. The number of amides is 1. The van der Waals surface area contributed by atoms with Crippen LogP contribution in [0.1, 0.15) is 40.2 Å². The molecule has 3 heterocycles. The Bertz CT molecular complexity index is 1340. The Morgan fingerprint density at radius 3 is 2.59 bits per heavy atom. The zero-order valence-electron chi connectivity index (χ0n) is 17.2. The fourth-order valence-electron chi connectivity index (χ4n) is 3.95. The number of nitrogens with two attached hydrogens (primary N) is 1. The van der Waals surface area contributed by atoms with Crippen molar-refractivity contribution in [2.24, 2.45) is 0 Å². The molecule has 0 bridgehead atoms. The van der Waals surface area contributed by atoms with E-state index in [-0.39, 0.29) is 18.5 Å². The van der Waals surface area contributed by atoms with Gasteiger partial charge in [-0.15, -0.1) is 0 Å². The lowest BCUT2D eigenvalue weighted by Crippen LogP contribution is -2.33. The molecule has 0 unspecified atom stereocenters. The van der Waals surface area contributed by atoms with Gasteiger partial charge < -0.3 is 15.0 Å². The first kappa shape index (κ1) is 20.3. The second-order valence-corrected chi connectivity index (χ2v) is 8.10. The fourth-order valence-corrected chi connectivity index (χ4v) is 3.95. The van der Waals surface area contributed by atoms with Gasteiger partial charge in [0.05, 0.1) is 34.4 Å². The molecule has 6 nitrogen and oxygen atoms in total. The number of anilines is 1. The minimum absolute atomic E-state index is 0.0557. The highest BCUT2D eigenvalue weighted by Crippen LogP contribution is 2.32. The minimum atomic E-state index is -4.44. The van der Waals surface area contributed by atoms with E-state index in [1.165, 1.54) is 6.07 Å². The molecule has 5 rings (SSSR count). The topological polar surface area (TPSA) is 76.5 Å². The largest absolute Gasteiger partial charge is 0.417 e. The molecule has 0 aliphatic heterocycles. The summed E-state index contributed by atoms with van der Waals surface area (Å²) in [5.74, 6) is 0.226. The Morgan fingerprint density at radius 2 is 1.94 bits per heavy atom. The number of carbonyl (C=O) groups excluding carboxylic acids is 1. The molecule has 1 aliphatic rings. The Balaban J connectivity index is 1.49. The van der Waals surface area contributed by atoms with Crippen LogP contribution in [0.15, 0.2) is 48.7 Å². The molecule has 1 aromatic carbocycles. The second kappa shape index (κ2) is 7.22. The predicted octanol–water partition coefficient (Wildman–Crippen LogP) is 4.60. The Morgan fingerprint density at radius 1 is 1.16 bits per heavy atom. The summed E-state index contributed by atoms with van der Waals surface area (Å²) in [5, 5.41) is 0. The maximum Gasteiger partial charge on any atom is 0.417 e. The van der Waals surface area contributed by atoms with Gasteiger partial charge in [-0.1, -0.05) is 0 Å². The summed E-state index contributed by atoms with van der Waals surface area (Å²) in [4.78, 5) is 23.4. The maximum absolute atomic E-state index is 13.4. The Labute approximate surface area is 181 Å². The molecule has 4 aromatic rings. The van der Waals surface area contributed by atoms with E-state index in [1.807, 2.05) is 23.5 Å². The third kappa shape index (κ3) is 3.53. The summed E-state index contributed by atoms with van der Waals surface area (Å²) in [6.07, 6.45) is -1.91.